The first-order valence-corrected chi connectivity index (χ1v) is 31.2. The molecule has 456 valence electrons. The molecule has 0 bridgehead atoms. The van der Waals surface area contributed by atoms with Gasteiger partial charge in [-0.1, -0.05) is 212 Å². The van der Waals surface area contributed by atoms with E-state index in [1.807, 2.05) is 0 Å². The van der Waals surface area contributed by atoms with Crippen LogP contribution in [0.3, 0.4) is 0 Å². The minimum Gasteiger partial charge on any atom is -0.479 e. The van der Waals surface area contributed by atoms with Crippen LogP contribution in [0.25, 0.3) is 0 Å². The fourth-order valence-electron chi connectivity index (χ4n) is 8.54. The second kappa shape index (κ2) is 55.4. The molecule has 1 aliphatic heterocycles. The number of esters is 3. The number of hydrogen-bond acceptors (Lipinski definition) is 11. The van der Waals surface area contributed by atoms with Crippen LogP contribution >= 0.6 is 0 Å². The smallest absolute Gasteiger partial charge is 0.335 e. The van der Waals surface area contributed by atoms with Crippen LogP contribution in [0.1, 0.15) is 226 Å². The molecule has 12 heteroatoms. The number of carbonyl (C=O) groups excluding carboxylic acids is 3. The number of aliphatic carboxylic acids is 1. The zero-order valence-electron chi connectivity index (χ0n) is 50.2. The highest BCUT2D eigenvalue weighted by Crippen LogP contribution is 2.26. The molecule has 1 rings (SSSR count). The van der Waals surface area contributed by atoms with Gasteiger partial charge in [0.15, 0.2) is 24.6 Å². The molecule has 1 saturated heterocycles. The van der Waals surface area contributed by atoms with Crippen molar-refractivity contribution in [3.8, 4) is 0 Å². The van der Waals surface area contributed by atoms with E-state index in [0.29, 0.717) is 19.3 Å². The van der Waals surface area contributed by atoms with E-state index in [4.69, 9.17) is 23.7 Å². The Morgan fingerprint density at radius 1 is 0.407 bits per heavy atom. The molecule has 3 N–H and O–H groups in total. The third-order valence-electron chi connectivity index (χ3n) is 13.2. The standard InChI is InChI=1S/C69H108O12/c1-4-7-10-13-16-19-22-25-27-29-31-33-35-38-40-43-46-49-52-55-61(70)77-58-60(79-62(71)56-53-50-47-44-41-37-24-21-18-15-12-9-6-3)59-78-69-67(65(74)64(73)66(81-69)68(75)76)80-63(72)57-54-51-48-45-42-39-36-34-32-30-28-26-23-20-17-14-11-8-5-2/h7-12,16-21,25-28,31-34,37,41,60,64-67,69,73-74H,4-6,13-15,22-24,29-30,35-36,38-40,42-59H2,1-3H3,(H,75,76)/b10-7-,11-8-,12-9-,19-16-,20-17-,21-18-,27-25-,28-26-,33-31-,34-32-,41-37-. The summed E-state index contributed by atoms with van der Waals surface area (Å²) < 4.78 is 28.4. The number of rotatable bonds is 51. The van der Waals surface area contributed by atoms with Crippen LogP contribution in [0.4, 0.5) is 0 Å². The number of carbonyl (C=O) groups is 4. The second-order valence-corrected chi connectivity index (χ2v) is 20.5. The lowest BCUT2D eigenvalue weighted by molar-refractivity contribution is -0.301. The maximum Gasteiger partial charge on any atom is 0.335 e. The van der Waals surface area contributed by atoms with E-state index in [1.54, 1.807) is 0 Å². The predicted octanol–water partition coefficient (Wildman–Crippen LogP) is 16.6. The molecule has 0 aromatic heterocycles. The predicted molar refractivity (Wildman–Crippen MR) is 330 cm³/mol. The highest BCUT2D eigenvalue weighted by atomic mass is 16.7. The number of hydrogen-bond donors (Lipinski definition) is 3. The Balaban J connectivity index is 2.69. The van der Waals surface area contributed by atoms with Gasteiger partial charge in [0.05, 0.1) is 6.61 Å². The zero-order chi connectivity index (χ0) is 58.9. The zero-order valence-corrected chi connectivity index (χ0v) is 50.2. The summed E-state index contributed by atoms with van der Waals surface area (Å²) in [6.45, 7) is 5.61. The molecule has 81 heavy (non-hydrogen) atoms. The molecule has 0 aromatic carbocycles. The molecule has 6 atom stereocenters. The van der Waals surface area contributed by atoms with Gasteiger partial charge in [-0.25, -0.2) is 4.79 Å². The third kappa shape index (κ3) is 45.1. The lowest BCUT2D eigenvalue weighted by Gasteiger charge is -2.40. The highest BCUT2D eigenvalue weighted by Gasteiger charge is 2.50. The Bertz CT molecular complexity index is 1920. The Labute approximate surface area is 490 Å². The van der Waals surface area contributed by atoms with E-state index in [0.717, 1.165) is 167 Å². The lowest BCUT2D eigenvalue weighted by Crippen LogP contribution is -2.61. The number of allylic oxidation sites excluding steroid dienone is 22. The molecular weight excluding hydrogens is 1020 g/mol. The van der Waals surface area contributed by atoms with Gasteiger partial charge in [0.2, 0.25) is 0 Å². The Morgan fingerprint density at radius 2 is 0.741 bits per heavy atom. The van der Waals surface area contributed by atoms with Crippen molar-refractivity contribution >= 4 is 23.9 Å². The van der Waals surface area contributed by atoms with Crippen molar-refractivity contribution in [1.82, 2.24) is 0 Å². The molecule has 1 heterocycles. The van der Waals surface area contributed by atoms with Crippen molar-refractivity contribution in [2.45, 2.75) is 263 Å². The van der Waals surface area contributed by atoms with Crippen LogP contribution in [0.2, 0.25) is 0 Å². The summed E-state index contributed by atoms with van der Waals surface area (Å²) in [5.41, 5.74) is 0. The van der Waals surface area contributed by atoms with Crippen molar-refractivity contribution in [1.29, 1.82) is 0 Å². The molecule has 1 aliphatic rings. The molecule has 12 nitrogen and oxygen atoms in total. The molecule has 0 amide bonds. The van der Waals surface area contributed by atoms with Crippen molar-refractivity contribution in [3.63, 3.8) is 0 Å². The van der Waals surface area contributed by atoms with Crippen molar-refractivity contribution < 1.29 is 58.2 Å². The molecular formula is C69H108O12. The van der Waals surface area contributed by atoms with Gasteiger partial charge in [0.1, 0.15) is 18.8 Å². The van der Waals surface area contributed by atoms with Gasteiger partial charge < -0.3 is 39.0 Å². The van der Waals surface area contributed by atoms with Gasteiger partial charge in [0, 0.05) is 19.3 Å². The summed E-state index contributed by atoms with van der Waals surface area (Å²) in [5.74, 6) is -3.21. The molecule has 0 spiro atoms. The second-order valence-electron chi connectivity index (χ2n) is 20.5. The summed E-state index contributed by atoms with van der Waals surface area (Å²) in [5, 5.41) is 31.6. The average Bonchev–Trinajstić information content (AvgIpc) is 3.45. The van der Waals surface area contributed by atoms with Crippen LogP contribution in [0.5, 0.6) is 0 Å². The first-order chi connectivity index (χ1) is 39.6. The topological polar surface area (TPSA) is 175 Å². The Morgan fingerprint density at radius 3 is 1.14 bits per heavy atom. The summed E-state index contributed by atoms with van der Waals surface area (Å²) in [7, 11) is 0. The molecule has 0 radical (unpaired) electrons. The summed E-state index contributed by atoms with van der Waals surface area (Å²) in [4.78, 5) is 51.3. The van der Waals surface area contributed by atoms with Crippen molar-refractivity contribution in [2.75, 3.05) is 13.2 Å². The van der Waals surface area contributed by atoms with E-state index >= 15 is 0 Å². The number of aliphatic hydroxyl groups is 2. The average molecular weight is 1130 g/mol. The fourth-order valence-corrected chi connectivity index (χ4v) is 8.54. The Hall–Kier alpha value is -5.14. The highest BCUT2D eigenvalue weighted by molar-refractivity contribution is 5.74. The largest absolute Gasteiger partial charge is 0.479 e. The SMILES string of the molecule is CC/C=C\C/C=C\C/C=C\C/C=C\CCCCCCCCC(=O)OCC(COC1OC(C(=O)O)C(O)C(O)C1OC(=O)CCCCCCCC/C=C\C/C=C\C/C=C\C/C=C\CC)OC(=O)CCCCC/C=C\C/C=C\C/C=C\CC. The van der Waals surface area contributed by atoms with Crippen LogP contribution in [-0.4, -0.2) is 89.2 Å². The third-order valence-corrected chi connectivity index (χ3v) is 13.2. The minimum atomic E-state index is -1.92. The normalized spacial score (nSPS) is 18.7. The van der Waals surface area contributed by atoms with E-state index in [2.05, 4.69) is 154 Å². The number of carboxylic acid groups (broad SMARTS) is 1. The van der Waals surface area contributed by atoms with Gasteiger partial charge in [-0.3, -0.25) is 14.4 Å². The molecule has 0 aliphatic carbocycles. The number of ether oxygens (including phenoxy) is 5. The first kappa shape index (κ1) is 73.9. The summed E-state index contributed by atoms with van der Waals surface area (Å²) >= 11 is 0. The van der Waals surface area contributed by atoms with Gasteiger partial charge in [0.25, 0.3) is 0 Å². The van der Waals surface area contributed by atoms with E-state index < -0.39 is 67.3 Å². The number of unbranched alkanes of at least 4 members (excludes halogenated alkanes) is 15. The van der Waals surface area contributed by atoms with Gasteiger partial charge in [-0.2, -0.15) is 0 Å². The molecule has 0 saturated carbocycles. The number of aliphatic hydroxyl groups excluding tert-OH is 2. The van der Waals surface area contributed by atoms with Crippen LogP contribution < -0.4 is 0 Å². The first-order valence-electron chi connectivity index (χ1n) is 31.2. The van der Waals surface area contributed by atoms with Crippen LogP contribution in [0.15, 0.2) is 134 Å². The summed E-state index contributed by atoms with van der Waals surface area (Å²) in [6.07, 6.45) is 65.5. The summed E-state index contributed by atoms with van der Waals surface area (Å²) in [6, 6.07) is 0. The number of carboxylic acids is 1. The van der Waals surface area contributed by atoms with E-state index in [1.165, 1.54) is 0 Å². The van der Waals surface area contributed by atoms with Gasteiger partial charge in [-0.05, 0) is 128 Å². The van der Waals surface area contributed by atoms with Gasteiger partial charge in [-0.15, -0.1) is 0 Å². The quantitative estimate of drug-likeness (QED) is 0.0228. The lowest BCUT2D eigenvalue weighted by atomic mass is 9.98. The molecule has 6 unspecified atom stereocenters. The van der Waals surface area contributed by atoms with E-state index in [-0.39, 0.29) is 25.9 Å². The van der Waals surface area contributed by atoms with Crippen LogP contribution in [0, 0.1) is 0 Å². The minimum absolute atomic E-state index is 0.0318. The van der Waals surface area contributed by atoms with Crippen LogP contribution in [-0.2, 0) is 42.9 Å². The van der Waals surface area contributed by atoms with E-state index in [9.17, 15) is 34.5 Å². The fraction of sp³-hybridized carbons (Fsp3) is 0.623. The maximum atomic E-state index is 13.2. The Kier molecular flexibility index (Phi) is 50.5. The maximum absolute atomic E-state index is 13.2. The monoisotopic (exact) mass is 1130 g/mol. The van der Waals surface area contributed by atoms with Gasteiger partial charge >= 0.3 is 23.9 Å². The van der Waals surface area contributed by atoms with Crippen molar-refractivity contribution in [2.24, 2.45) is 0 Å². The van der Waals surface area contributed by atoms with Crippen molar-refractivity contribution in [3.05, 3.63) is 134 Å². The molecule has 0 aromatic rings. The molecule has 1 fully saturated rings.